The summed E-state index contributed by atoms with van der Waals surface area (Å²) in [5.74, 6) is -0.550. The molecule has 2 aromatic carbocycles. The fourth-order valence-electron chi connectivity index (χ4n) is 3.44. The fourth-order valence-corrected chi connectivity index (χ4v) is 3.44. The second-order valence-electron chi connectivity index (χ2n) is 7.43. The molecule has 156 valence electrons. The van der Waals surface area contributed by atoms with Crippen LogP contribution in [0.4, 0.5) is 5.69 Å². The first-order valence-electron chi connectivity index (χ1n) is 10.1. The predicted octanol–water partition coefficient (Wildman–Crippen LogP) is 3.79. The van der Waals surface area contributed by atoms with Crippen molar-refractivity contribution < 1.29 is 9.59 Å². The number of para-hydroxylation sites is 1. The maximum atomic E-state index is 12.7. The van der Waals surface area contributed by atoms with Crippen LogP contribution in [0.2, 0.25) is 0 Å². The summed E-state index contributed by atoms with van der Waals surface area (Å²) in [6.07, 6.45) is 0.821. The van der Waals surface area contributed by atoms with E-state index in [1.54, 1.807) is 0 Å². The van der Waals surface area contributed by atoms with Gasteiger partial charge in [0.15, 0.2) is 0 Å². The number of anilines is 1. The summed E-state index contributed by atoms with van der Waals surface area (Å²) in [6.45, 7) is 8.26. The van der Waals surface area contributed by atoms with Crippen LogP contribution in [-0.4, -0.2) is 28.1 Å². The molecule has 30 heavy (non-hydrogen) atoms. The van der Waals surface area contributed by atoms with E-state index >= 15 is 0 Å². The van der Waals surface area contributed by atoms with E-state index < -0.39 is 0 Å². The first kappa shape index (κ1) is 21.3. The normalized spacial score (nSPS) is 10.7. The molecular weight excluding hydrogens is 376 g/mol. The van der Waals surface area contributed by atoms with Gasteiger partial charge in [0.1, 0.15) is 0 Å². The highest BCUT2D eigenvalue weighted by Gasteiger charge is 2.19. The molecule has 0 saturated heterocycles. The van der Waals surface area contributed by atoms with Crippen molar-refractivity contribution in [2.75, 3.05) is 11.9 Å². The third kappa shape index (κ3) is 4.95. The molecular formula is C24H28N4O2. The largest absolute Gasteiger partial charge is 0.343 e. The monoisotopic (exact) mass is 404 g/mol. The molecule has 0 fully saturated rings. The molecule has 0 saturated carbocycles. The summed E-state index contributed by atoms with van der Waals surface area (Å²) >= 11 is 0. The number of nitrogens with zero attached hydrogens (tertiary/aromatic N) is 2. The maximum absolute atomic E-state index is 12.7. The van der Waals surface area contributed by atoms with Crippen molar-refractivity contribution in [1.82, 2.24) is 15.1 Å². The highest BCUT2D eigenvalue weighted by atomic mass is 16.2. The molecule has 1 aromatic heterocycles. The molecule has 1 heterocycles. The molecule has 0 bridgehead atoms. The second kappa shape index (κ2) is 9.39. The SMILES string of the molecule is CCc1ccccc1NC(=O)CNC(=O)c1c(C)nn(Cc2ccc(C)cc2)c1C. The van der Waals surface area contributed by atoms with E-state index in [2.05, 4.69) is 40.0 Å². The van der Waals surface area contributed by atoms with Crippen LogP contribution in [0.1, 0.15) is 45.4 Å². The first-order chi connectivity index (χ1) is 14.4. The number of aromatic nitrogens is 2. The molecule has 0 aliphatic rings. The van der Waals surface area contributed by atoms with Crippen molar-refractivity contribution in [3.63, 3.8) is 0 Å². The minimum absolute atomic E-state index is 0.0983. The molecule has 0 atom stereocenters. The Hall–Kier alpha value is -3.41. The minimum Gasteiger partial charge on any atom is -0.343 e. The summed E-state index contributed by atoms with van der Waals surface area (Å²) < 4.78 is 1.83. The van der Waals surface area contributed by atoms with E-state index in [0.717, 1.165) is 28.9 Å². The highest BCUT2D eigenvalue weighted by Crippen LogP contribution is 2.16. The molecule has 0 unspecified atom stereocenters. The Balaban J connectivity index is 1.64. The van der Waals surface area contributed by atoms with Crippen LogP contribution in [0, 0.1) is 20.8 Å². The van der Waals surface area contributed by atoms with Crippen molar-refractivity contribution >= 4 is 17.5 Å². The van der Waals surface area contributed by atoms with Gasteiger partial charge in [-0.2, -0.15) is 5.10 Å². The van der Waals surface area contributed by atoms with Gasteiger partial charge in [-0.3, -0.25) is 14.3 Å². The average Bonchev–Trinajstić information content (AvgIpc) is 3.01. The highest BCUT2D eigenvalue weighted by molar-refractivity contribution is 6.00. The molecule has 0 aliphatic heterocycles. The topological polar surface area (TPSA) is 76.0 Å². The zero-order chi connectivity index (χ0) is 21.7. The zero-order valence-electron chi connectivity index (χ0n) is 18.0. The molecule has 3 rings (SSSR count). The van der Waals surface area contributed by atoms with Crippen LogP contribution < -0.4 is 10.6 Å². The number of nitrogens with one attached hydrogen (secondary N) is 2. The minimum atomic E-state index is -0.293. The van der Waals surface area contributed by atoms with E-state index in [4.69, 9.17) is 0 Å². The average molecular weight is 405 g/mol. The molecule has 0 spiro atoms. The van der Waals surface area contributed by atoms with Crippen LogP contribution in [0.15, 0.2) is 48.5 Å². The van der Waals surface area contributed by atoms with Crippen molar-refractivity contribution in [2.45, 2.75) is 40.7 Å². The number of benzene rings is 2. The Morgan fingerprint density at radius 3 is 2.40 bits per heavy atom. The Kier molecular flexibility index (Phi) is 6.67. The van der Waals surface area contributed by atoms with Gasteiger partial charge in [-0.1, -0.05) is 55.0 Å². The number of aryl methyl sites for hydroxylation is 3. The number of hydrogen-bond donors (Lipinski definition) is 2. The van der Waals surface area contributed by atoms with E-state index in [1.807, 2.05) is 56.6 Å². The summed E-state index contributed by atoms with van der Waals surface area (Å²) in [5.41, 5.74) is 6.10. The predicted molar refractivity (Wildman–Crippen MR) is 119 cm³/mol. The quantitative estimate of drug-likeness (QED) is 0.629. The molecule has 0 radical (unpaired) electrons. The molecule has 6 heteroatoms. The Morgan fingerprint density at radius 2 is 1.70 bits per heavy atom. The van der Waals surface area contributed by atoms with Crippen LogP contribution in [0.5, 0.6) is 0 Å². The smallest absolute Gasteiger partial charge is 0.255 e. The summed E-state index contributed by atoms with van der Waals surface area (Å²) in [6, 6.07) is 15.9. The Bertz CT molecular complexity index is 1050. The Morgan fingerprint density at radius 1 is 1.00 bits per heavy atom. The van der Waals surface area contributed by atoms with Crippen molar-refractivity contribution in [2.24, 2.45) is 0 Å². The van der Waals surface area contributed by atoms with E-state index in [0.29, 0.717) is 17.8 Å². The zero-order valence-corrected chi connectivity index (χ0v) is 18.0. The van der Waals surface area contributed by atoms with Gasteiger partial charge < -0.3 is 10.6 Å². The van der Waals surface area contributed by atoms with Crippen LogP contribution in [-0.2, 0) is 17.8 Å². The van der Waals surface area contributed by atoms with Crippen LogP contribution in [0.25, 0.3) is 0 Å². The summed E-state index contributed by atoms with van der Waals surface area (Å²) in [4.78, 5) is 25.0. The number of hydrogen-bond acceptors (Lipinski definition) is 3. The van der Waals surface area contributed by atoms with Crippen LogP contribution in [0.3, 0.4) is 0 Å². The lowest BCUT2D eigenvalue weighted by Gasteiger charge is -2.10. The van der Waals surface area contributed by atoms with Gasteiger partial charge in [-0.25, -0.2) is 0 Å². The van der Waals surface area contributed by atoms with Gasteiger partial charge in [0.05, 0.1) is 24.3 Å². The van der Waals surface area contributed by atoms with E-state index in [9.17, 15) is 9.59 Å². The number of carbonyl (C=O) groups excluding carboxylic acids is 2. The third-order valence-electron chi connectivity index (χ3n) is 5.14. The molecule has 2 N–H and O–H groups in total. The van der Waals surface area contributed by atoms with Crippen molar-refractivity contribution in [3.8, 4) is 0 Å². The molecule has 6 nitrogen and oxygen atoms in total. The van der Waals surface area contributed by atoms with E-state index in [1.165, 1.54) is 5.56 Å². The van der Waals surface area contributed by atoms with Gasteiger partial charge in [0.25, 0.3) is 5.91 Å². The van der Waals surface area contributed by atoms with Crippen molar-refractivity contribution in [1.29, 1.82) is 0 Å². The van der Waals surface area contributed by atoms with Crippen molar-refractivity contribution in [3.05, 3.63) is 82.2 Å². The second-order valence-corrected chi connectivity index (χ2v) is 7.43. The van der Waals surface area contributed by atoms with E-state index in [-0.39, 0.29) is 18.4 Å². The molecule has 3 aromatic rings. The van der Waals surface area contributed by atoms with Gasteiger partial charge in [0.2, 0.25) is 5.91 Å². The summed E-state index contributed by atoms with van der Waals surface area (Å²) in [7, 11) is 0. The third-order valence-corrected chi connectivity index (χ3v) is 5.14. The number of carbonyl (C=O) groups is 2. The summed E-state index contributed by atoms with van der Waals surface area (Å²) in [5, 5.41) is 10.1. The first-order valence-corrected chi connectivity index (χ1v) is 10.1. The van der Waals surface area contributed by atoms with Gasteiger partial charge in [-0.05, 0) is 44.4 Å². The number of rotatable bonds is 7. The lowest BCUT2D eigenvalue weighted by molar-refractivity contribution is -0.115. The fraction of sp³-hybridized carbons (Fsp3) is 0.292. The van der Waals surface area contributed by atoms with Gasteiger partial charge >= 0.3 is 0 Å². The lowest BCUT2D eigenvalue weighted by Crippen LogP contribution is -2.33. The number of amides is 2. The Labute approximate surface area is 177 Å². The van der Waals surface area contributed by atoms with Gasteiger partial charge in [0, 0.05) is 11.4 Å². The van der Waals surface area contributed by atoms with Crippen LogP contribution >= 0.6 is 0 Å². The standard InChI is InChI=1S/C24H28N4O2/c1-5-20-8-6-7-9-21(20)26-22(29)14-25-24(30)23-17(3)27-28(18(23)4)15-19-12-10-16(2)11-13-19/h6-13H,5,14-15H2,1-4H3,(H,25,30)(H,26,29). The molecule has 0 aliphatic carbocycles. The van der Waals surface area contributed by atoms with Gasteiger partial charge in [-0.15, -0.1) is 0 Å². The maximum Gasteiger partial charge on any atom is 0.255 e. The molecule has 2 amide bonds. The lowest BCUT2D eigenvalue weighted by atomic mass is 10.1.